The number of aliphatic imine (C=N–C) groups is 1. The van der Waals surface area contributed by atoms with Crippen molar-refractivity contribution in [3.63, 3.8) is 0 Å². The third-order valence-corrected chi connectivity index (χ3v) is 6.90. The summed E-state index contributed by atoms with van der Waals surface area (Å²) in [4.78, 5) is 22.1. The highest BCUT2D eigenvalue weighted by Gasteiger charge is 2.32. The Morgan fingerprint density at radius 3 is 2.61 bits per heavy atom. The lowest BCUT2D eigenvalue weighted by molar-refractivity contribution is -0.137. The first-order valence-corrected chi connectivity index (χ1v) is 11.3. The van der Waals surface area contributed by atoms with Crippen molar-refractivity contribution in [3.05, 3.63) is 81.9 Å². The number of thiophene rings is 1. The van der Waals surface area contributed by atoms with Crippen LogP contribution in [0, 0.1) is 20.8 Å². The van der Waals surface area contributed by atoms with Crippen molar-refractivity contribution in [1.29, 1.82) is 0 Å². The Balaban J connectivity index is 1.62. The van der Waals surface area contributed by atoms with E-state index in [-0.39, 0.29) is 6.42 Å². The van der Waals surface area contributed by atoms with E-state index in [1.165, 1.54) is 4.88 Å². The Hall–Kier alpha value is -3.85. The van der Waals surface area contributed by atoms with Gasteiger partial charge < -0.3 is 10.4 Å². The molecule has 1 aromatic carbocycles. The van der Waals surface area contributed by atoms with Crippen molar-refractivity contribution in [1.82, 2.24) is 19.7 Å². The van der Waals surface area contributed by atoms with E-state index in [4.69, 9.17) is 4.99 Å². The largest absolute Gasteiger partial charge is 0.481 e. The van der Waals surface area contributed by atoms with Crippen molar-refractivity contribution in [2.75, 3.05) is 5.32 Å². The van der Waals surface area contributed by atoms with Crippen LogP contribution < -0.4 is 5.32 Å². The number of fused-ring (bicyclic) bond motifs is 3. The Kier molecular flexibility index (Phi) is 5.26. The van der Waals surface area contributed by atoms with Gasteiger partial charge in [0.1, 0.15) is 22.7 Å². The van der Waals surface area contributed by atoms with Crippen molar-refractivity contribution in [2.45, 2.75) is 33.2 Å². The van der Waals surface area contributed by atoms with Crippen LogP contribution in [0.25, 0.3) is 5.00 Å². The van der Waals surface area contributed by atoms with E-state index in [1.54, 1.807) is 17.5 Å². The second-order valence-electron chi connectivity index (χ2n) is 7.91. The number of hydrogen-bond donors (Lipinski definition) is 2. The minimum atomic E-state index is -0.927. The number of carboxylic acids is 1. The van der Waals surface area contributed by atoms with E-state index in [9.17, 15) is 9.90 Å². The van der Waals surface area contributed by atoms with Crippen LogP contribution >= 0.6 is 11.3 Å². The topological polar surface area (TPSA) is 105 Å². The summed E-state index contributed by atoms with van der Waals surface area (Å²) in [5, 5.41) is 22.4. The molecule has 1 aliphatic heterocycles. The molecule has 5 rings (SSSR count). The molecule has 0 aliphatic carbocycles. The summed E-state index contributed by atoms with van der Waals surface area (Å²) >= 11 is 1.65. The highest BCUT2D eigenvalue weighted by molar-refractivity contribution is 7.15. The van der Waals surface area contributed by atoms with E-state index in [2.05, 4.69) is 34.3 Å². The molecule has 8 nitrogen and oxygen atoms in total. The number of aliphatic carboxylic acids is 1. The zero-order chi connectivity index (χ0) is 23.1. The Bertz CT molecular complexity index is 1370. The van der Waals surface area contributed by atoms with E-state index in [0.29, 0.717) is 11.6 Å². The van der Waals surface area contributed by atoms with Gasteiger partial charge in [-0.2, -0.15) is 0 Å². The molecule has 9 heteroatoms. The van der Waals surface area contributed by atoms with Crippen LogP contribution in [0.5, 0.6) is 0 Å². The first kappa shape index (κ1) is 21.0. The van der Waals surface area contributed by atoms with Crippen LogP contribution in [0.3, 0.4) is 0 Å². The van der Waals surface area contributed by atoms with Crippen molar-refractivity contribution >= 4 is 34.5 Å². The van der Waals surface area contributed by atoms with Crippen LogP contribution in [0.4, 0.5) is 11.5 Å². The lowest BCUT2D eigenvalue weighted by Crippen LogP contribution is -2.10. The minimum absolute atomic E-state index is 0.159. The van der Waals surface area contributed by atoms with Gasteiger partial charge in [0, 0.05) is 27.9 Å². The highest BCUT2D eigenvalue weighted by atomic mass is 32.1. The molecule has 0 spiro atoms. The van der Waals surface area contributed by atoms with Gasteiger partial charge in [0.05, 0.1) is 12.1 Å². The highest BCUT2D eigenvalue weighted by Crippen LogP contribution is 2.39. The molecule has 0 bridgehead atoms. The van der Waals surface area contributed by atoms with Crippen molar-refractivity contribution in [2.24, 2.45) is 4.99 Å². The van der Waals surface area contributed by atoms with Crippen LogP contribution in [-0.2, 0) is 4.79 Å². The van der Waals surface area contributed by atoms with Gasteiger partial charge in [-0.05, 0) is 50.6 Å². The first-order chi connectivity index (χ1) is 15.9. The molecule has 3 aromatic heterocycles. The van der Waals surface area contributed by atoms with Gasteiger partial charge in [-0.15, -0.1) is 21.5 Å². The van der Waals surface area contributed by atoms with Gasteiger partial charge in [0.25, 0.3) is 0 Å². The molecular formula is C24H22N6O2S. The smallest absolute Gasteiger partial charge is 0.306 e. The van der Waals surface area contributed by atoms with Gasteiger partial charge in [-0.3, -0.25) is 14.4 Å². The zero-order valence-corrected chi connectivity index (χ0v) is 19.2. The molecule has 33 heavy (non-hydrogen) atoms. The van der Waals surface area contributed by atoms with Gasteiger partial charge in [-0.25, -0.2) is 4.98 Å². The summed E-state index contributed by atoms with van der Waals surface area (Å²) in [5.74, 6) is 1.11. The van der Waals surface area contributed by atoms with Gasteiger partial charge in [-0.1, -0.05) is 18.2 Å². The Morgan fingerprint density at radius 2 is 1.91 bits per heavy atom. The molecule has 4 heterocycles. The predicted octanol–water partition coefficient (Wildman–Crippen LogP) is 4.76. The lowest BCUT2D eigenvalue weighted by atomic mass is 9.99. The number of aromatic nitrogens is 4. The zero-order valence-electron chi connectivity index (χ0n) is 18.4. The summed E-state index contributed by atoms with van der Waals surface area (Å²) in [6.45, 7) is 6.04. The number of aryl methyl sites for hydroxylation is 2. The molecule has 0 saturated heterocycles. The van der Waals surface area contributed by atoms with Gasteiger partial charge in [0.2, 0.25) is 0 Å². The first-order valence-electron chi connectivity index (χ1n) is 10.5. The van der Waals surface area contributed by atoms with Gasteiger partial charge in [0.15, 0.2) is 5.82 Å². The Labute approximate surface area is 194 Å². The number of nitrogens with zero attached hydrogens (tertiary/aromatic N) is 5. The summed E-state index contributed by atoms with van der Waals surface area (Å²) in [6.07, 6.45) is 1.58. The SMILES string of the molecule is Cc1sc2c(c1C)C(c1ccc(Nc3ccccn3)cc1)=N[C@@H](CC(=O)O)c1nnc(C)n1-2. The molecule has 1 aliphatic rings. The quantitative estimate of drug-likeness (QED) is 0.447. The van der Waals surface area contributed by atoms with E-state index < -0.39 is 12.0 Å². The van der Waals surface area contributed by atoms with Crippen LogP contribution in [0.2, 0.25) is 0 Å². The fourth-order valence-corrected chi connectivity index (χ4v) is 5.20. The molecule has 1 atom stereocenters. The average Bonchev–Trinajstić information content (AvgIpc) is 3.27. The molecule has 166 valence electrons. The lowest BCUT2D eigenvalue weighted by Gasteiger charge is -2.12. The standard InChI is InChI=1S/C24H22N6O2S/c1-13-14(2)33-24-21(13)22(27-18(12-20(31)32)23-29-28-15(3)30(23)24)16-7-9-17(10-8-16)26-19-6-4-5-11-25-19/h4-11,18H,12H2,1-3H3,(H,25,26)(H,31,32)/t18-/m0/s1. The number of benzene rings is 1. The maximum absolute atomic E-state index is 11.7. The molecule has 0 amide bonds. The fourth-order valence-electron chi connectivity index (χ4n) is 3.99. The summed E-state index contributed by atoms with van der Waals surface area (Å²) < 4.78 is 1.96. The normalized spacial score (nSPS) is 14.8. The number of hydrogen-bond acceptors (Lipinski definition) is 7. The molecule has 2 N–H and O–H groups in total. The maximum Gasteiger partial charge on any atom is 0.306 e. The number of rotatable bonds is 5. The molecule has 4 aromatic rings. The summed E-state index contributed by atoms with van der Waals surface area (Å²) in [7, 11) is 0. The van der Waals surface area contributed by atoms with Crippen molar-refractivity contribution < 1.29 is 9.90 Å². The molecule has 0 radical (unpaired) electrons. The number of carboxylic acid groups (broad SMARTS) is 1. The van der Waals surface area contributed by atoms with Crippen LogP contribution in [0.1, 0.15) is 45.7 Å². The van der Waals surface area contributed by atoms with E-state index >= 15 is 0 Å². The second-order valence-corrected chi connectivity index (χ2v) is 9.12. The van der Waals surface area contributed by atoms with Crippen LogP contribution in [-0.4, -0.2) is 36.5 Å². The third-order valence-electron chi connectivity index (χ3n) is 5.70. The molecule has 0 saturated carbocycles. The number of nitrogens with one attached hydrogen (secondary N) is 1. The second kappa shape index (κ2) is 8.25. The summed E-state index contributed by atoms with van der Waals surface area (Å²) in [6, 6.07) is 13.0. The predicted molar refractivity (Wildman–Crippen MR) is 128 cm³/mol. The minimum Gasteiger partial charge on any atom is -0.481 e. The van der Waals surface area contributed by atoms with E-state index in [1.807, 2.05) is 54.0 Å². The number of anilines is 2. The maximum atomic E-state index is 11.7. The molecular weight excluding hydrogens is 436 g/mol. The average molecular weight is 459 g/mol. The van der Waals surface area contributed by atoms with Gasteiger partial charge >= 0.3 is 5.97 Å². The third kappa shape index (κ3) is 3.80. The number of pyridine rings is 1. The Morgan fingerprint density at radius 1 is 1.12 bits per heavy atom. The molecule has 0 fully saturated rings. The molecule has 0 unspecified atom stereocenters. The van der Waals surface area contributed by atoms with Crippen LogP contribution in [0.15, 0.2) is 53.7 Å². The summed E-state index contributed by atoms with van der Waals surface area (Å²) in [5.41, 5.74) is 4.71. The number of carbonyl (C=O) groups is 1. The fraction of sp³-hybridized carbons (Fsp3) is 0.208. The monoisotopic (exact) mass is 458 g/mol. The van der Waals surface area contributed by atoms with E-state index in [0.717, 1.165) is 38.9 Å². The van der Waals surface area contributed by atoms with Crippen molar-refractivity contribution in [3.8, 4) is 5.00 Å².